The number of carbonyl (C=O) groups excluding carboxylic acids is 1. The number of aryl methyl sites for hydroxylation is 1. The Kier molecular flexibility index (Phi) is 3.17. The van der Waals surface area contributed by atoms with Crippen LogP contribution in [0.4, 0.5) is 5.69 Å². The number of likely N-dealkylation sites (N-methyl/N-ethyl adjacent to an activating group) is 1. The molecule has 0 bridgehead atoms. The Morgan fingerprint density at radius 2 is 2.25 bits per heavy atom. The molecule has 0 spiro atoms. The fourth-order valence-electron chi connectivity index (χ4n) is 1.95. The Morgan fingerprint density at radius 3 is 2.81 bits per heavy atom. The zero-order valence-electron chi connectivity index (χ0n) is 9.46. The largest absolute Gasteiger partial charge is 0.311 e. The summed E-state index contributed by atoms with van der Waals surface area (Å²) in [5.74, 6) is 0.127. The van der Waals surface area contributed by atoms with Crippen molar-refractivity contribution in [2.45, 2.75) is 19.4 Å². The van der Waals surface area contributed by atoms with Crippen LogP contribution in [0.5, 0.6) is 0 Å². The van der Waals surface area contributed by atoms with Gasteiger partial charge in [-0.25, -0.2) is 0 Å². The maximum atomic E-state index is 12.0. The van der Waals surface area contributed by atoms with Crippen LogP contribution in [0, 0.1) is 6.92 Å². The van der Waals surface area contributed by atoms with Gasteiger partial charge >= 0.3 is 0 Å². The maximum Gasteiger partial charge on any atom is 0.244 e. The Hall–Kier alpha value is -1.06. The van der Waals surface area contributed by atoms with Gasteiger partial charge in [-0.15, -0.1) is 0 Å². The summed E-state index contributed by atoms with van der Waals surface area (Å²) in [6.45, 7) is 2.71. The predicted octanol–water partition coefficient (Wildman–Crippen LogP) is 1.97. The number of benzene rings is 1. The van der Waals surface area contributed by atoms with Crippen molar-refractivity contribution < 1.29 is 4.79 Å². The monoisotopic (exact) mass is 238 g/mol. The van der Waals surface area contributed by atoms with E-state index in [1.54, 1.807) is 4.90 Å². The van der Waals surface area contributed by atoms with Crippen molar-refractivity contribution in [1.29, 1.82) is 0 Å². The van der Waals surface area contributed by atoms with Crippen LogP contribution in [-0.2, 0) is 4.79 Å². The van der Waals surface area contributed by atoms with Crippen LogP contribution in [0.15, 0.2) is 18.2 Å². The summed E-state index contributed by atoms with van der Waals surface area (Å²) < 4.78 is 0. The van der Waals surface area contributed by atoms with Crippen molar-refractivity contribution in [2.75, 3.05) is 18.5 Å². The van der Waals surface area contributed by atoms with E-state index in [2.05, 4.69) is 5.32 Å². The molecule has 1 aliphatic heterocycles. The van der Waals surface area contributed by atoms with Crippen LogP contribution < -0.4 is 10.2 Å². The zero-order chi connectivity index (χ0) is 11.7. The lowest BCUT2D eigenvalue weighted by Gasteiger charge is -2.17. The molecule has 0 saturated carbocycles. The summed E-state index contributed by atoms with van der Waals surface area (Å²) in [7, 11) is 1.81. The highest BCUT2D eigenvalue weighted by atomic mass is 35.5. The minimum Gasteiger partial charge on any atom is -0.311 e. The summed E-state index contributed by atoms with van der Waals surface area (Å²) in [4.78, 5) is 13.7. The van der Waals surface area contributed by atoms with Crippen molar-refractivity contribution in [1.82, 2.24) is 5.32 Å². The van der Waals surface area contributed by atoms with E-state index in [1.807, 2.05) is 32.2 Å². The second kappa shape index (κ2) is 4.44. The molecule has 0 aromatic heterocycles. The van der Waals surface area contributed by atoms with Gasteiger partial charge in [-0.2, -0.15) is 0 Å². The molecule has 16 heavy (non-hydrogen) atoms. The lowest BCUT2D eigenvalue weighted by molar-refractivity contribution is -0.118. The molecule has 1 saturated heterocycles. The van der Waals surface area contributed by atoms with Gasteiger partial charge in [0.05, 0.1) is 6.04 Å². The quantitative estimate of drug-likeness (QED) is 0.855. The summed E-state index contributed by atoms with van der Waals surface area (Å²) in [5.41, 5.74) is 1.92. The van der Waals surface area contributed by atoms with Crippen LogP contribution in [0.1, 0.15) is 12.0 Å². The number of nitrogens with zero attached hydrogens (tertiary/aromatic N) is 1. The summed E-state index contributed by atoms with van der Waals surface area (Å²) >= 11 is 6.06. The van der Waals surface area contributed by atoms with Gasteiger partial charge in [-0.1, -0.05) is 17.7 Å². The van der Waals surface area contributed by atoms with Crippen molar-refractivity contribution in [3.63, 3.8) is 0 Å². The van der Waals surface area contributed by atoms with Crippen molar-refractivity contribution in [2.24, 2.45) is 0 Å². The Morgan fingerprint density at radius 1 is 1.50 bits per heavy atom. The summed E-state index contributed by atoms with van der Waals surface area (Å²) in [6.07, 6.45) is 0.848. The SMILES string of the molecule is CNC1CCN(c2ccc(C)c(Cl)c2)C1=O. The van der Waals surface area contributed by atoms with Gasteiger partial charge in [0.25, 0.3) is 0 Å². The fourth-order valence-corrected chi connectivity index (χ4v) is 2.13. The first-order chi connectivity index (χ1) is 7.63. The van der Waals surface area contributed by atoms with Crippen molar-refractivity contribution in [3.8, 4) is 0 Å². The standard InChI is InChI=1S/C12H15ClN2O/c1-8-3-4-9(7-10(8)13)15-6-5-11(14-2)12(15)16/h3-4,7,11,14H,5-6H2,1-2H3. The molecule has 4 heteroatoms. The number of hydrogen-bond donors (Lipinski definition) is 1. The molecule has 1 fully saturated rings. The Balaban J connectivity index is 2.25. The van der Waals surface area contributed by atoms with Crippen LogP contribution in [-0.4, -0.2) is 25.5 Å². The van der Waals surface area contributed by atoms with Gasteiger partial charge in [-0.3, -0.25) is 4.79 Å². The third kappa shape index (κ3) is 1.93. The number of nitrogens with one attached hydrogen (secondary N) is 1. The predicted molar refractivity (Wildman–Crippen MR) is 66.0 cm³/mol. The third-order valence-corrected chi connectivity index (χ3v) is 3.43. The van der Waals surface area contributed by atoms with Gasteiger partial charge in [0.1, 0.15) is 0 Å². The zero-order valence-corrected chi connectivity index (χ0v) is 10.2. The molecular formula is C12H15ClN2O. The molecule has 1 unspecified atom stereocenters. The minimum atomic E-state index is -0.0555. The van der Waals surface area contributed by atoms with E-state index >= 15 is 0 Å². The number of rotatable bonds is 2. The third-order valence-electron chi connectivity index (χ3n) is 3.02. The van der Waals surface area contributed by atoms with E-state index in [9.17, 15) is 4.79 Å². The second-order valence-corrected chi connectivity index (χ2v) is 4.46. The second-order valence-electron chi connectivity index (χ2n) is 4.05. The molecule has 86 valence electrons. The van der Waals surface area contributed by atoms with Crippen molar-refractivity contribution >= 4 is 23.2 Å². The van der Waals surface area contributed by atoms with Gasteiger partial charge in [0.2, 0.25) is 5.91 Å². The molecule has 1 aromatic carbocycles. The molecule has 1 atom stereocenters. The van der Waals surface area contributed by atoms with Gasteiger partial charge in [0, 0.05) is 17.3 Å². The van der Waals surface area contributed by atoms with Crippen LogP contribution in [0.3, 0.4) is 0 Å². The van der Waals surface area contributed by atoms with E-state index in [-0.39, 0.29) is 11.9 Å². The van der Waals surface area contributed by atoms with E-state index in [4.69, 9.17) is 11.6 Å². The van der Waals surface area contributed by atoms with E-state index in [0.29, 0.717) is 5.02 Å². The van der Waals surface area contributed by atoms with Crippen LogP contribution in [0.2, 0.25) is 5.02 Å². The maximum absolute atomic E-state index is 12.0. The number of hydrogen-bond acceptors (Lipinski definition) is 2. The van der Waals surface area contributed by atoms with Crippen molar-refractivity contribution in [3.05, 3.63) is 28.8 Å². The molecule has 1 heterocycles. The van der Waals surface area contributed by atoms with Gasteiger partial charge in [-0.05, 0) is 38.1 Å². The Labute approximate surface area is 100 Å². The first-order valence-corrected chi connectivity index (χ1v) is 5.76. The normalized spacial score (nSPS) is 20.6. The number of amides is 1. The highest BCUT2D eigenvalue weighted by Crippen LogP contribution is 2.26. The smallest absolute Gasteiger partial charge is 0.244 e. The average Bonchev–Trinajstić information content (AvgIpc) is 2.64. The molecule has 1 N–H and O–H groups in total. The van der Waals surface area contributed by atoms with Crippen LogP contribution >= 0.6 is 11.6 Å². The van der Waals surface area contributed by atoms with Gasteiger partial charge < -0.3 is 10.2 Å². The molecule has 1 amide bonds. The molecule has 1 aromatic rings. The topological polar surface area (TPSA) is 32.3 Å². The first-order valence-electron chi connectivity index (χ1n) is 5.38. The molecular weight excluding hydrogens is 224 g/mol. The molecule has 1 aliphatic rings. The van der Waals surface area contributed by atoms with E-state index in [1.165, 1.54) is 0 Å². The molecule has 2 rings (SSSR count). The number of carbonyl (C=O) groups is 1. The molecule has 0 radical (unpaired) electrons. The number of halogens is 1. The number of anilines is 1. The van der Waals surface area contributed by atoms with E-state index in [0.717, 1.165) is 24.2 Å². The lowest BCUT2D eigenvalue weighted by Crippen LogP contribution is -2.36. The van der Waals surface area contributed by atoms with Crippen LogP contribution in [0.25, 0.3) is 0 Å². The highest BCUT2D eigenvalue weighted by Gasteiger charge is 2.31. The summed E-state index contributed by atoms with van der Waals surface area (Å²) in [5, 5.41) is 3.72. The lowest BCUT2D eigenvalue weighted by atomic mass is 10.2. The first kappa shape index (κ1) is 11.4. The minimum absolute atomic E-state index is 0.0555. The van der Waals surface area contributed by atoms with E-state index < -0.39 is 0 Å². The van der Waals surface area contributed by atoms with Gasteiger partial charge in [0.15, 0.2) is 0 Å². The Bertz CT molecular complexity index is 419. The summed E-state index contributed by atoms with van der Waals surface area (Å²) in [6, 6.07) is 5.68. The average molecular weight is 239 g/mol. The fraction of sp³-hybridized carbons (Fsp3) is 0.417. The molecule has 0 aliphatic carbocycles. The molecule has 3 nitrogen and oxygen atoms in total. The highest BCUT2D eigenvalue weighted by molar-refractivity contribution is 6.31.